The average Bonchev–Trinajstić information content (AvgIpc) is 2.39. The van der Waals surface area contributed by atoms with Crippen molar-refractivity contribution >= 4 is 5.69 Å². The largest absolute Gasteiger partial charge is 0.393 e. The number of benzene rings is 1. The van der Waals surface area contributed by atoms with Crippen molar-refractivity contribution in [2.45, 2.75) is 38.9 Å². The van der Waals surface area contributed by atoms with E-state index < -0.39 is 6.10 Å². The number of hydrogen-bond acceptors (Lipinski definition) is 3. The van der Waals surface area contributed by atoms with Gasteiger partial charge in [0.15, 0.2) is 0 Å². The fourth-order valence-corrected chi connectivity index (χ4v) is 2.75. The molecule has 2 rings (SSSR count). The van der Waals surface area contributed by atoms with Gasteiger partial charge in [-0.1, -0.05) is 18.2 Å². The van der Waals surface area contributed by atoms with Crippen LogP contribution in [-0.2, 0) is 0 Å². The highest BCUT2D eigenvalue weighted by atomic mass is 16.3. The second kappa shape index (κ2) is 5.72. The Labute approximate surface area is 109 Å². The van der Waals surface area contributed by atoms with Crippen LogP contribution in [0.25, 0.3) is 0 Å². The molecule has 2 atom stereocenters. The lowest BCUT2D eigenvalue weighted by molar-refractivity contribution is 0.109. The van der Waals surface area contributed by atoms with Crippen LogP contribution in [0, 0.1) is 5.92 Å². The Morgan fingerprint density at radius 2 is 1.72 bits per heavy atom. The van der Waals surface area contributed by atoms with Crippen molar-refractivity contribution in [2.75, 3.05) is 18.0 Å². The van der Waals surface area contributed by atoms with Crippen LogP contribution >= 0.6 is 0 Å². The van der Waals surface area contributed by atoms with E-state index in [1.54, 1.807) is 6.92 Å². The molecule has 3 nitrogen and oxygen atoms in total. The number of aliphatic hydroxyl groups excluding tert-OH is 2. The van der Waals surface area contributed by atoms with Crippen LogP contribution in [0.3, 0.4) is 0 Å². The Morgan fingerprint density at radius 3 is 2.28 bits per heavy atom. The summed E-state index contributed by atoms with van der Waals surface area (Å²) in [7, 11) is 0. The Hall–Kier alpha value is -1.06. The van der Waals surface area contributed by atoms with Crippen molar-refractivity contribution in [3.8, 4) is 0 Å². The molecule has 100 valence electrons. The highest BCUT2D eigenvalue weighted by molar-refractivity contribution is 5.54. The third-order valence-corrected chi connectivity index (χ3v) is 3.95. The zero-order valence-corrected chi connectivity index (χ0v) is 11.2. The first-order chi connectivity index (χ1) is 8.59. The highest BCUT2D eigenvalue weighted by Gasteiger charge is 2.24. The van der Waals surface area contributed by atoms with Crippen molar-refractivity contribution in [3.63, 3.8) is 0 Å². The van der Waals surface area contributed by atoms with Crippen molar-refractivity contribution in [3.05, 3.63) is 29.8 Å². The van der Waals surface area contributed by atoms with E-state index in [2.05, 4.69) is 11.0 Å². The topological polar surface area (TPSA) is 43.7 Å². The molecular formula is C15H23NO2. The van der Waals surface area contributed by atoms with Gasteiger partial charge in [-0.3, -0.25) is 0 Å². The molecule has 1 aromatic rings. The van der Waals surface area contributed by atoms with E-state index in [1.165, 1.54) is 0 Å². The number of nitrogens with zero attached hydrogens (tertiary/aromatic N) is 1. The SMILES string of the molecule is CC(O)C1CCN(c2ccccc2[C@H](C)O)CC1. The normalized spacial score (nSPS) is 20.8. The summed E-state index contributed by atoms with van der Waals surface area (Å²) in [6.45, 7) is 5.60. The molecule has 1 aliphatic rings. The molecule has 0 aliphatic carbocycles. The van der Waals surface area contributed by atoms with Gasteiger partial charge >= 0.3 is 0 Å². The van der Waals surface area contributed by atoms with Crippen LogP contribution in [0.15, 0.2) is 24.3 Å². The first-order valence-electron chi connectivity index (χ1n) is 6.79. The zero-order valence-electron chi connectivity index (χ0n) is 11.2. The summed E-state index contributed by atoms with van der Waals surface area (Å²) in [5, 5.41) is 19.4. The van der Waals surface area contributed by atoms with Gasteiger partial charge in [0, 0.05) is 24.3 Å². The number of rotatable bonds is 3. The molecule has 2 N–H and O–H groups in total. The molecule has 1 aromatic carbocycles. The number of piperidine rings is 1. The van der Waals surface area contributed by atoms with E-state index >= 15 is 0 Å². The molecule has 1 aliphatic heterocycles. The minimum absolute atomic E-state index is 0.209. The maximum absolute atomic E-state index is 9.81. The van der Waals surface area contributed by atoms with Gasteiger partial charge in [0.05, 0.1) is 12.2 Å². The third-order valence-electron chi connectivity index (χ3n) is 3.95. The van der Waals surface area contributed by atoms with E-state index in [-0.39, 0.29) is 6.10 Å². The van der Waals surface area contributed by atoms with E-state index in [0.717, 1.165) is 37.2 Å². The summed E-state index contributed by atoms with van der Waals surface area (Å²) in [5.74, 6) is 0.417. The number of anilines is 1. The number of hydrogen-bond donors (Lipinski definition) is 2. The Bertz CT molecular complexity index is 382. The first kappa shape index (κ1) is 13.4. The second-order valence-corrected chi connectivity index (χ2v) is 5.30. The predicted octanol–water partition coefficient (Wildman–Crippen LogP) is 2.34. The lowest BCUT2D eigenvalue weighted by Gasteiger charge is -2.36. The molecule has 0 spiro atoms. The number of aliphatic hydroxyl groups is 2. The van der Waals surface area contributed by atoms with Crippen LogP contribution in [0.2, 0.25) is 0 Å². The van der Waals surface area contributed by atoms with Crippen LogP contribution in [0.5, 0.6) is 0 Å². The van der Waals surface area contributed by atoms with E-state index in [4.69, 9.17) is 0 Å². The van der Waals surface area contributed by atoms with Gasteiger partial charge in [0.1, 0.15) is 0 Å². The maximum Gasteiger partial charge on any atom is 0.0781 e. The summed E-state index contributed by atoms with van der Waals surface area (Å²) in [4.78, 5) is 2.32. The first-order valence-corrected chi connectivity index (χ1v) is 6.79. The summed E-state index contributed by atoms with van der Waals surface area (Å²) in [6.07, 6.45) is 1.40. The molecule has 0 aromatic heterocycles. The standard InChI is InChI=1S/C15H23NO2/c1-11(17)13-7-9-16(10-8-13)15-6-4-3-5-14(15)12(2)18/h3-6,11-13,17-18H,7-10H2,1-2H3/t11?,12-/m0/s1. The summed E-state index contributed by atoms with van der Waals surface area (Å²) in [6, 6.07) is 8.04. The van der Waals surface area contributed by atoms with Gasteiger partial charge in [0.25, 0.3) is 0 Å². The minimum atomic E-state index is -0.435. The molecule has 0 bridgehead atoms. The lowest BCUT2D eigenvalue weighted by Crippen LogP contribution is -2.37. The molecule has 1 fully saturated rings. The molecule has 1 saturated heterocycles. The smallest absolute Gasteiger partial charge is 0.0781 e. The van der Waals surface area contributed by atoms with Crippen LogP contribution < -0.4 is 4.90 Å². The minimum Gasteiger partial charge on any atom is -0.393 e. The predicted molar refractivity (Wildman–Crippen MR) is 73.7 cm³/mol. The fraction of sp³-hybridized carbons (Fsp3) is 0.600. The van der Waals surface area contributed by atoms with Gasteiger partial charge in [-0.25, -0.2) is 0 Å². The lowest BCUT2D eigenvalue weighted by atomic mass is 9.91. The highest BCUT2D eigenvalue weighted by Crippen LogP contribution is 2.30. The van der Waals surface area contributed by atoms with Gasteiger partial charge in [-0.05, 0) is 38.7 Å². The summed E-state index contributed by atoms with van der Waals surface area (Å²) in [5.41, 5.74) is 2.13. The molecule has 0 radical (unpaired) electrons. The molecule has 0 saturated carbocycles. The summed E-state index contributed by atoms with van der Waals surface area (Å²) >= 11 is 0. The van der Waals surface area contributed by atoms with E-state index in [1.807, 2.05) is 25.1 Å². The van der Waals surface area contributed by atoms with Crippen LogP contribution in [-0.4, -0.2) is 29.4 Å². The van der Waals surface area contributed by atoms with Crippen molar-refractivity contribution in [1.82, 2.24) is 0 Å². The Balaban J connectivity index is 2.10. The monoisotopic (exact) mass is 249 g/mol. The molecule has 1 heterocycles. The van der Waals surface area contributed by atoms with Crippen molar-refractivity contribution < 1.29 is 10.2 Å². The van der Waals surface area contributed by atoms with E-state index in [0.29, 0.717) is 5.92 Å². The third kappa shape index (κ3) is 2.85. The molecule has 18 heavy (non-hydrogen) atoms. The van der Waals surface area contributed by atoms with Crippen LogP contribution in [0.1, 0.15) is 38.4 Å². The van der Waals surface area contributed by atoms with Gasteiger partial charge in [-0.2, -0.15) is 0 Å². The van der Waals surface area contributed by atoms with Gasteiger partial charge < -0.3 is 15.1 Å². The molecule has 0 amide bonds. The zero-order chi connectivity index (χ0) is 13.1. The van der Waals surface area contributed by atoms with Crippen molar-refractivity contribution in [2.24, 2.45) is 5.92 Å². The Morgan fingerprint density at radius 1 is 1.11 bits per heavy atom. The van der Waals surface area contributed by atoms with E-state index in [9.17, 15) is 10.2 Å². The molecule has 1 unspecified atom stereocenters. The van der Waals surface area contributed by atoms with Gasteiger partial charge in [0.2, 0.25) is 0 Å². The van der Waals surface area contributed by atoms with Crippen LogP contribution in [0.4, 0.5) is 5.69 Å². The fourth-order valence-electron chi connectivity index (χ4n) is 2.75. The molecular weight excluding hydrogens is 226 g/mol. The van der Waals surface area contributed by atoms with Crippen molar-refractivity contribution in [1.29, 1.82) is 0 Å². The Kier molecular flexibility index (Phi) is 4.25. The number of para-hydroxylation sites is 1. The maximum atomic E-state index is 9.81. The second-order valence-electron chi connectivity index (χ2n) is 5.30. The van der Waals surface area contributed by atoms with Gasteiger partial charge in [-0.15, -0.1) is 0 Å². The quantitative estimate of drug-likeness (QED) is 0.864. The average molecular weight is 249 g/mol. The summed E-state index contributed by atoms with van der Waals surface area (Å²) < 4.78 is 0. The molecule has 3 heteroatoms.